The zero-order chi connectivity index (χ0) is 18.9. The summed E-state index contributed by atoms with van der Waals surface area (Å²) >= 11 is 0. The lowest BCUT2D eigenvalue weighted by Gasteiger charge is -2.32. The van der Waals surface area contributed by atoms with Crippen LogP contribution in [-0.2, 0) is 0 Å². The smallest absolute Gasteiger partial charge is 0.315 e. The van der Waals surface area contributed by atoms with Gasteiger partial charge in [-0.25, -0.2) is 4.79 Å². The minimum absolute atomic E-state index is 0.102. The molecule has 0 radical (unpaired) electrons. The molecular formula is C20H34N4O2. The number of benzene rings is 1. The molecule has 146 valence electrons. The van der Waals surface area contributed by atoms with Crippen molar-refractivity contribution >= 4 is 6.03 Å². The van der Waals surface area contributed by atoms with Gasteiger partial charge in [-0.2, -0.15) is 0 Å². The van der Waals surface area contributed by atoms with E-state index in [9.17, 15) is 4.79 Å². The fourth-order valence-corrected chi connectivity index (χ4v) is 3.25. The molecule has 6 nitrogen and oxygen atoms in total. The van der Waals surface area contributed by atoms with Crippen LogP contribution in [0.1, 0.15) is 36.9 Å². The summed E-state index contributed by atoms with van der Waals surface area (Å²) in [5.41, 5.74) is 2.15. The first-order chi connectivity index (χ1) is 12.5. The SMILES string of the molecule is COc1ccc(C)cc1C(C)NC(=O)NCCCCN1CCN(C)CC1. The maximum Gasteiger partial charge on any atom is 0.315 e. The topological polar surface area (TPSA) is 56.8 Å². The van der Waals surface area contributed by atoms with Crippen LogP contribution < -0.4 is 15.4 Å². The van der Waals surface area contributed by atoms with Crippen molar-refractivity contribution in [1.82, 2.24) is 20.4 Å². The fourth-order valence-electron chi connectivity index (χ4n) is 3.25. The molecule has 0 bridgehead atoms. The van der Waals surface area contributed by atoms with Crippen molar-refractivity contribution in [3.8, 4) is 5.75 Å². The van der Waals surface area contributed by atoms with E-state index in [2.05, 4.69) is 33.5 Å². The third kappa shape index (κ3) is 6.50. The number of urea groups is 1. The zero-order valence-corrected chi connectivity index (χ0v) is 16.7. The Morgan fingerprint density at radius 3 is 2.65 bits per heavy atom. The summed E-state index contributed by atoms with van der Waals surface area (Å²) in [7, 11) is 3.83. The van der Waals surface area contributed by atoms with Crippen molar-refractivity contribution in [2.24, 2.45) is 0 Å². The number of hydrogen-bond acceptors (Lipinski definition) is 4. The lowest BCUT2D eigenvalue weighted by atomic mass is 10.0. The average Bonchev–Trinajstić information content (AvgIpc) is 2.63. The highest BCUT2D eigenvalue weighted by atomic mass is 16.5. The standard InChI is InChI=1S/C20H34N4O2/c1-16-7-8-19(26-4)18(15-16)17(2)22-20(25)21-9-5-6-10-24-13-11-23(3)12-14-24/h7-8,15,17H,5-6,9-14H2,1-4H3,(H2,21,22,25). The Kier molecular flexibility index (Phi) is 8.19. The summed E-state index contributed by atoms with van der Waals surface area (Å²) < 4.78 is 5.40. The van der Waals surface area contributed by atoms with Crippen molar-refractivity contribution in [2.75, 3.05) is 53.4 Å². The second kappa shape index (κ2) is 10.4. The Morgan fingerprint density at radius 1 is 1.23 bits per heavy atom. The van der Waals surface area contributed by atoms with Gasteiger partial charge in [-0.05, 0) is 46.3 Å². The monoisotopic (exact) mass is 362 g/mol. The highest BCUT2D eigenvalue weighted by Gasteiger charge is 2.15. The van der Waals surface area contributed by atoms with E-state index < -0.39 is 0 Å². The summed E-state index contributed by atoms with van der Waals surface area (Å²) in [4.78, 5) is 17.0. The highest BCUT2D eigenvalue weighted by Crippen LogP contribution is 2.25. The maximum atomic E-state index is 12.1. The Balaban J connectivity index is 1.65. The maximum absolute atomic E-state index is 12.1. The van der Waals surface area contributed by atoms with Gasteiger partial charge in [-0.3, -0.25) is 0 Å². The molecule has 1 saturated heterocycles. The van der Waals surface area contributed by atoms with Gasteiger partial charge < -0.3 is 25.2 Å². The quantitative estimate of drug-likeness (QED) is 0.697. The van der Waals surface area contributed by atoms with Crippen LogP contribution in [0.25, 0.3) is 0 Å². The Hall–Kier alpha value is -1.79. The fraction of sp³-hybridized carbons (Fsp3) is 0.650. The Labute approximate surface area is 157 Å². The summed E-state index contributed by atoms with van der Waals surface area (Å²) in [6.45, 7) is 10.5. The number of carbonyl (C=O) groups is 1. The molecule has 0 saturated carbocycles. The molecule has 1 aromatic rings. The first-order valence-electron chi connectivity index (χ1n) is 9.59. The minimum atomic E-state index is -0.124. The summed E-state index contributed by atoms with van der Waals surface area (Å²) in [6, 6.07) is 5.78. The van der Waals surface area contributed by atoms with Crippen molar-refractivity contribution in [1.29, 1.82) is 0 Å². The number of likely N-dealkylation sites (N-methyl/N-ethyl adjacent to an activating group) is 1. The molecule has 2 N–H and O–H groups in total. The third-order valence-electron chi connectivity index (χ3n) is 4.98. The van der Waals surface area contributed by atoms with Gasteiger partial charge in [0, 0.05) is 38.3 Å². The molecule has 1 aromatic carbocycles. The third-order valence-corrected chi connectivity index (χ3v) is 4.98. The predicted molar refractivity (Wildman–Crippen MR) is 106 cm³/mol. The Morgan fingerprint density at radius 2 is 1.96 bits per heavy atom. The number of methoxy groups -OCH3 is 1. The van der Waals surface area contributed by atoms with Crippen LogP contribution in [0, 0.1) is 6.92 Å². The minimum Gasteiger partial charge on any atom is -0.496 e. The van der Waals surface area contributed by atoms with E-state index in [1.165, 1.54) is 0 Å². The van der Waals surface area contributed by atoms with Crippen LogP contribution in [0.4, 0.5) is 4.79 Å². The van der Waals surface area contributed by atoms with E-state index >= 15 is 0 Å². The van der Waals surface area contributed by atoms with Gasteiger partial charge in [-0.1, -0.05) is 17.7 Å². The first-order valence-corrected chi connectivity index (χ1v) is 9.59. The number of aryl methyl sites for hydroxylation is 1. The average molecular weight is 363 g/mol. The van der Waals surface area contributed by atoms with Crippen LogP contribution in [0.3, 0.4) is 0 Å². The van der Waals surface area contributed by atoms with E-state index in [4.69, 9.17) is 4.74 Å². The summed E-state index contributed by atoms with van der Waals surface area (Å²) in [5.74, 6) is 0.801. The van der Waals surface area contributed by atoms with Crippen LogP contribution in [0.2, 0.25) is 0 Å². The lowest BCUT2D eigenvalue weighted by molar-refractivity contribution is 0.152. The molecule has 0 aliphatic carbocycles. The lowest BCUT2D eigenvalue weighted by Crippen LogP contribution is -2.44. The van der Waals surface area contributed by atoms with Crippen LogP contribution in [0.15, 0.2) is 18.2 Å². The molecular weight excluding hydrogens is 328 g/mol. The molecule has 1 aliphatic heterocycles. The second-order valence-electron chi connectivity index (χ2n) is 7.22. The molecule has 0 spiro atoms. The van der Waals surface area contributed by atoms with Gasteiger partial charge in [0.05, 0.1) is 13.2 Å². The molecule has 6 heteroatoms. The van der Waals surface area contributed by atoms with Gasteiger partial charge in [0.2, 0.25) is 0 Å². The van der Waals surface area contributed by atoms with Gasteiger partial charge in [0.15, 0.2) is 0 Å². The number of hydrogen-bond donors (Lipinski definition) is 2. The Bertz CT molecular complexity index is 571. The number of nitrogens with one attached hydrogen (secondary N) is 2. The molecule has 1 fully saturated rings. The number of amides is 2. The van der Waals surface area contributed by atoms with Gasteiger partial charge in [-0.15, -0.1) is 0 Å². The molecule has 1 unspecified atom stereocenters. The number of unbranched alkanes of at least 4 members (excludes halogenated alkanes) is 1. The highest BCUT2D eigenvalue weighted by molar-refractivity contribution is 5.74. The summed E-state index contributed by atoms with van der Waals surface area (Å²) in [5, 5.41) is 5.96. The molecule has 2 amide bonds. The van der Waals surface area contributed by atoms with E-state index in [-0.39, 0.29) is 12.1 Å². The summed E-state index contributed by atoms with van der Waals surface area (Å²) in [6.07, 6.45) is 2.12. The predicted octanol–water partition coefficient (Wildman–Crippen LogP) is 2.39. The molecule has 2 rings (SSSR count). The zero-order valence-electron chi connectivity index (χ0n) is 16.7. The first kappa shape index (κ1) is 20.5. The van der Waals surface area contributed by atoms with E-state index in [0.29, 0.717) is 6.54 Å². The van der Waals surface area contributed by atoms with Gasteiger partial charge in [0.1, 0.15) is 5.75 Å². The largest absolute Gasteiger partial charge is 0.496 e. The van der Waals surface area contributed by atoms with Crippen molar-refractivity contribution in [2.45, 2.75) is 32.7 Å². The number of nitrogens with zero attached hydrogens (tertiary/aromatic N) is 2. The van der Waals surface area contributed by atoms with Crippen LogP contribution in [-0.4, -0.2) is 69.3 Å². The van der Waals surface area contributed by atoms with Crippen LogP contribution in [0.5, 0.6) is 5.75 Å². The number of carbonyl (C=O) groups excluding carboxylic acids is 1. The number of ether oxygens (including phenoxy) is 1. The van der Waals surface area contributed by atoms with Crippen LogP contribution >= 0.6 is 0 Å². The molecule has 1 aliphatic rings. The van der Waals surface area contributed by atoms with E-state index in [1.807, 2.05) is 26.0 Å². The second-order valence-corrected chi connectivity index (χ2v) is 7.22. The van der Waals surface area contributed by atoms with Gasteiger partial charge >= 0.3 is 6.03 Å². The number of piperazine rings is 1. The molecule has 0 aromatic heterocycles. The van der Waals surface area contributed by atoms with Crippen molar-refractivity contribution < 1.29 is 9.53 Å². The van der Waals surface area contributed by atoms with E-state index in [1.54, 1.807) is 7.11 Å². The molecule has 26 heavy (non-hydrogen) atoms. The normalized spacial score (nSPS) is 16.9. The molecule has 1 atom stereocenters. The van der Waals surface area contributed by atoms with Gasteiger partial charge in [0.25, 0.3) is 0 Å². The van der Waals surface area contributed by atoms with Crippen molar-refractivity contribution in [3.63, 3.8) is 0 Å². The van der Waals surface area contributed by atoms with E-state index in [0.717, 1.165) is 62.4 Å². The number of rotatable bonds is 8. The van der Waals surface area contributed by atoms with Crippen molar-refractivity contribution in [3.05, 3.63) is 29.3 Å². The molecule has 1 heterocycles.